The number of aliphatic carboxylic acids is 1. The molecule has 3 heteroatoms. The zero-order valence-electron chi connectivity index (χ0n) is 8.42. The summed E-state index contributed by atoms with van der Waals surface area (Å²) in [6.45, 7) is 2.21. The van der Waals surface area contributed by atoms with Crippen molar-refractivity contribution in [1.29, 1.82) is 0 Å². The zero-order chi connectivity index (χ0) is 9.94. The minimum atomic E-state index is -0.698. The third-order valence-electron chi connectivity index (χ3n) is 1.87. The van der Waals surface area contributed by atoms with E-state index in [1.807, 2.05) is 0 Å². The fourth-order valence-corrected chi connectivity index (χ4v) is 1.87. The van der Waals surface area contributed by atoms with Gasteiger partial charge in [-0.1, -0.05) is 39.0 Å². The Morgan fingerprint density at radius 3 is 2.38 bits per heavy atom. The molecule has 0 bridgehead atoms. The van der Waals surface area contributed by atoms with E-state index in [0.29, 0.717) is 0 Å². The van der Waals surface area contributed by atoms with Crippen LogP contribution in [0.15, 0.2) is 0 Å². The van der Waals surface area contributed by atoms with Crippen LogP contribution in [0, 0.1) is 0 Å². The maximum absolute atomic E-state index is 10.2. The third kappa shape index (κ3) is 11.8. The number of carboxylic acids is 1. The van der Waals surface area contributed by atoms with Gasteiger partial charge in [0, 0.05) is 0 Å². The van der Waals surface area contributed by atoms with E-state index in [2.05, 4.69) is 6.92 Å². The molecule has 0 aliphatic heterocycles. The van der Waals surface area contributed by atoms with Gasteiger partial charge < -0.3 is 5.11 Å². The zero-order valence-corrected chi connectivity index (χ0v) is 9.24. The minimum absolute atomic E-state index is 0.259. The van der Waals surface area contributed by atoms with Crippen molar-refractivity contribution in [1.82, 2.24) is 0 Å². The molecule has 0 rings (SSSR count). The lowest BCUT2D eigenvalue weighted by molar-refractivity contribution is -0.133. The lowest BCUT2D eigenvalue weighted by atomic mass is 10.1. The highest BCUT2D eigenvalue weighted by Crippen LogP contribution is 2.09. The van der Waals surface area contributed by atoms with Gasteiger partial charge in [0.1, 0.15) is 0 Å². The average Bonchev–Trinajstić information content (AvgIpc) is 2.09. The highest BCUT2D eigenvalue weighted by molar-refractivity contribution is 7.99. The number of hydrogen-bond acceptors (Lipinski definition) is 2. The van der Waals surface area contributed by atoms with Crippen molar-refractivity contribution in [3.63, 3.8) is 0 Å². The number of carbonyl (C=O) groups is 1. The maximum Gasteiger partial charge on any atom is 0.313 e. The van der Waals surface area contributed by atoms with Crippen molar-refractivity contribution in [3.05, 3.63) is 0 Å². The SMILES string of the molecule is CCCCCCCCSCC(=O)O. The molecule has 0 heterocycles. The van der Waals surface area contributed by atoms with E-state index in [1.54, 1.807) is 0 Å². The number of carboxylic acid groups (broad SMARTS) is 1. The van der Waals surface area contributed by atoms with Crippen molar-refractivity contribution in [2.75, 3.05) is 11.5 Å². The van der Waals surface area contributed by atoms with Gasteiger partial charge in [-0.2, -0.15) is 11.8 Å². The Balaban J connectivity index is 2.87. The van der Waals surface area contributed by atoms with Gasteiger partial charge in [0.25, 0.3) is 0 Å². The summed E-state index contributed by atoms with van der Waals surface area (Å²) in [6, 6.07) is 0. The van der Waals surface area contributed by atoms with Crippen LogP contribution in [-0.2, 0) is 4.79 Å². The lowest BCUT2D eigenvalue weighted by Gasteiger charge is -1.99. The van der Waals surface area contributed by atoms with Gasteiger partial charge in [0.15, 0.2) is 0 Å². The monoisotopic (exact) mass is 204 g/mol. The molecule has 2 nitrogen and oxygen atoms in total. The van der Waals surface area contributed by atoms with Crippen LogP contribution in [-0.4, -0.2) is 22.6 Å². The quantitative estimate of drug-likeness (QED) is 0.586. The molecule has 0 saturated heterocycles. The minimum Gasteiger partial charge on any atom is -0.481 e. The van der Waals surface area contributed by atoms with E-state index in [-0.39, 0.29) is 5.75 Å². The van der Waals surface area contributed by atoms with Crippen LogP contribution in [0.4, 0.5) is 0 Å². The number of hydrogen-bond donors (Lipinski definition) is 1. The van der Waals surface area contributed by atoms with Gasteiger partial charge in [-0.15, -0.1) is 0 Å². The molecule has 0 atom stereocenters. The molecule has 0 aromatic rings. The molecule has 0 saturated carbocycles. The van der Waals surface area contributed by atoms with Gasteiger partial charge in [0.2, 0.25) is 0 Å². The molecule has 1 N–H and O–H groups in total. The first-order chi connectivity index (χ1) is 6.27. The molecule has 0 aliphatic carbocycles. The van der Waals surface area contributed by atoms with Crippen molar-refractivity contribution in [2.45, 2.75) is 45.4 Å². The fraction of sp³-hybridized carbons (Fsp3) is 0.900. The van der Waals surface area contributed by atoms with Crippen molar-refractivity contribution in [2.24, 2.45) is 0 Å². The average molecular weight is 204 g/mol. The Morgan fingerprint density at radius 1 is 1.15 bits per heavy atom. The largest absolute Gasteiger partial charge is 0.481 e. The summed E-state index contributed by atoms with van der Waals surface area (Å²) in [7, 11) is 0. The van der Waals surface area contributed by atoms with Gasteiger partial charge in [-0.25, -0.2) is 0 Å². The Kier molecular flexibility index (Phi) is 9.77. The molecule has 0 unspecified atom stereocenters. The van der Waals surface area contributed by atoms with Crippen LogP contribution < -0.4 is 0 Å². The number of thioether (sulfide) groups is 1. The summed E-state index contributed by atoms with van der Waals surface area (Å²) in [5, 5.41) is 8.37. The first-order valence-electron chi connectivity index (χ1n) is 5.07. The van der Waals surface area contributed by atoms with E-state index in [4.69, 9.17) is 5.11 Å². The van der Waals surface area contributed by atoms with Crippen LogP contribution in [0.2, 0.25) is 0 Å². The summed E-state index contributed by atoms with van der Waals surface area (Å²) in [5.41, 5.74) is 0. The molecule has 78 valence electrons. The Bertz CT molecular complexity index is 126. The summed E-state index contributed by atoms with van der Waals surface area (Å²) in [6.07, 6.45) is 7.69. The predicted octanol–water partition coefficient (Wildman–Crippen LogP) is 3.16. The van der Waals surface area contributed by atoms with Crippen LogP contribution in [0.25, 0.3) is 0 Å². The highest BCUT2D eigenvalue weighted by Gasteiger charge is 1.96. The predicted molar refractivity (Wildman–Crippen MR) is 58.3 cm³/mol. The molecule has 0 radical (unpaired) electrons. The van der Waals surface area contributed by atoms with Crippen LogP contribution >= 0.6 is 11.8 Å². The van der Waals surface area contributed by atoms with E-state index in [1.165, 1.54) is 50.3 Å². The lowest BCUT2D eigenvalue weighted by Crippen LogP contribution is -1.98. The van der Waals surface area contributed by atoms with E-state index in [0.717, 1.165) is 5.75 Å². The second-order valence-corrected chi connectivity index (χ2v) is 4.32. The highest BCUT2D eigenvalue weighted by atomic mass is 32.2. The van der Waals surface area contributed by atoms with Crippen LogP contribution in [0.5, 0.6) is 0 Å². The normalized spacial score (nSPS) is 10.2. The van der Waals surface area contributed by atoms with Crippen molar-refractivity contribution >= 4 is 17.7 Å². The third-order valence-corrected chi connectivity index (χ3v) is 2.90. The Morgan fingerprint density at radius 2 is 1.77 bits per heavy atom. The van der Waals surface area contributed by atoms with E-state index in [9.17, 15) is 4.79 Å². The molecule has 0 aromatic carbocycles. The van der Waals surface area contributed by atoms with Crippen LogP contribution in [0.1, 0.15) is 45.4 Å². The Labute approximate surface area is 85.1 Å². The standard InChI is InChI=1S/C10H20O2S/c1-2-3-4-5-6-7-8-13-9-10(11)12/h2-9H2,1H3,(H,11,12). The van der Waals surface area contributed by atoms with Crippen LogP contribution in [0.3, 0.4) is 0 Å². The van der Waals surface area contributed by atoms with Gasteiger partial charge in [0.05, 0.1) is 5.75 Å². The second kappa shape index (κ2) is 9.90. The summed E-state index contributed by atoms with van der Waals surface area (Å²) >= 11 is 1.53. The Hall–Kier alpha value is -0.180. The number of unbranched alkanes of at least 4 members (excludes halogenated alkanes) is 5. The molecule has 0 fully saturated rings. The topological polar surface area (TPSA) is 37.3 Å². The maximum atomic E-state index is 10.2. The molecule has 0 aliphatic rings. The van der Waals surface area contributed by atoms with E-state index < -0.39 is 5.97 Å². The molecule has 0 spiro atoms. The first-order valence-corrected chi connectivity index (χ1v) is 6.22. The summed E-state index contributed by atoms with van der Waals surface area (Å²) in [5.74, 6) is 0.559. The van der Waals surface area contributed by atoms with Gasteiger partial charge in [-0.05, 0) is 12.2 Å². The fourth-order valence-electron chi connectivity index (χ4n) is 1.14. The molecule has 0 aromatic heterocycles. The second-order valence-electron chi connectivity index (χ2n) is 3.21. The van der Waals surface area contributed by atoms with E-state index >= 15 is 0 Å². The van der Waals surface area contributed by atoms with Crippen molar-refractivity contribution < 1.29 is 9.90 Å². The summed E-state index contributed by atoms with van der Waals surface area (Å²) < 4.78 is 0. The van der Waals surface area contributed by atoms with Gasteiger partial charge in [-0.3, -0.25) is 4.79 Å². The molecular weight excluding hydrogens is 184 g/mol. The molecule has 0 amide bonds. The molecule has 13 heavy (non-hydrogen) atoms. The first kappa shape index (κ1) is 12.8. The summed E-state index contributed by atoms with van der Waals surface area (Å²) in [4.78, 5) is 10.2. The molecular formula is C10H20O2S. The number of rotatable bonds is 9. The van der Waals surface area contributed by atoms with Crippen molar-refractivity contribution in [3.8, 4) is 0 Å². The van der Waals surface area contributed by atoms with Gasteiger partial charge >= 0.3 is 5.97 Å². The smallest absolute Gasteiger partial charge is 0.313 e.